The average molecular weight is 311 g/mol. The molecule has 0 bridgehead atoms. The Hall–Kier alpha value is -1.75. The Morgan fingerprint density at radius 1 is 1.24 bits per heavy atom. The first kappa shape index (κ1) is 15.6. The number of anilines is 1. The topological polar surface area (TPSA) is 60.9 Å². The maximum atomic E-state index is 12.6. The number of amides is 2. The number of carboxylic acids is 1. The van der Waals surface area contributed by atoms with Gasteiger partial charge in [-0.1, -0.05) is 25.4 Å². The first-order chi connectivity index (χ1) is 9.88. The minimum Gasteiger partial charge on any atom is -0.480 e. The summed E-state index contributed by atoms with van der Waals surface area (Å²) in [6, 6.07) is 6.34. The van der Waals surface area contributed by atoms with E-state index >= 15 is 0 Å². The number of carboxylic acid groups (broad SMARTS) is 1. The monoisotopic (exact) mass is 310 g/mol. The quantitative estimate of drug-likeness (QED) is 0.933. The highest BCUT2D eigenvalue weighted by atomic mass is 35.5. The van der Waals surface area contributed by atoms with E-state index in [0.29, 0.717) is 35.6 Å². The number of nitrogens with zero attached hydrogens (tertiary/aromatic N) is 2. The second kappa shape index (κ2) is 6.35. The van der Waals surface area contributed by atoms with Gasteiger partial charge in [0.25, 0.3) is 0 Å². The molecule has 2 atom stereocenters. The van der Waals surface area contributed by atoms with Crippen LogP contribution in [0.25, 0.3) is 0 Å². The van der Waals surface area contributed by atoms with Crippen molar-refractivity contribution < 1.29 is 14.7 Å². The van der Waals surface area contributed by atoms with Crippen molar-refractivity contribution >= 4 is 29.3 Å². The van der Waals surface area contributed by atoms with Crippen LogP contribution in [-0.2, 0) is 4.79 Å². The smallest absolute Gasteiger partial charge is 0.325 e. The second-order valence-electron chi connectivity index (χ2n) is 5.60. The van der Waals surface area contributed by atoms with E-state index in [-0.39, 0.29) is 12.6 Å². The van der Waals surface area contributed by atoms with E-state index in [4.69, 9.17) is 16.7 Å². The van der Waals surface area contributed by atoms with Crippen LogP contribution in [0.15, 0.2) is 24.3 Å². The molecule has 1 fully saturated rings. The summed E-state index contributed by atoms with van der Waals surface area (Å²) in [7, 11) is 0. The number of aliphatic carboxylic acids is 1. The average Bonchev–Trinajstić information content (AvgIpc) is 2.76. The Morgan fingerprint density at radius 2 is 1.76 bits per heavy atom. The molecule has 0 aliphatic carbocycles. The molecule has 2 unspecified atom stereocenters. The van der Waals surface area contributed by atoms with E-state index in [1.54, 1.807) is 29.2 Å². The lowest BCUT2D eigenvalue weighted by molar-refractivity contribution is -0.135. The zero-order chi connectivity index (χ0) is 15.6. The van der Waals surface area contributed by atoms with Gasteiger partial charge in [-0.2, -0.15) is 0 Å². The van der Waals surface area contributed by atoms with Crippen molar-refractivity contribution in [2.24, 2.45) is 11.8 Å². The molecule has 21 heavy (non-hydrogen) atoms. The molecule has 2 rings (SSSR count). The van der Waals surface area contributed by atoms with Gasteiger partial charge in [-0.3, -0.25) is 9.69 Å². The van der Waals surface area contributed by atoms with Crippen LogP contribution in [0, 0.1) is 11.8 Å². The SMILES string of the molecule is CC1CN(C(=O)N(CC(=O)O)c2ccc(Cl)cc2)CC1C. The summed E-state index contributed by atoms with van der Waals surface area (Å²) in [5.41, 5.74) is 0.541. The van der Waals surface area contributed by atoms with Gasteiger partial charge in [0.1, 0.15) is 6.54 Å². The first-order valence-corrected chi connectivity index (χ1v) is 7.30. The van der Waals surface area contributed by atoms with Crippen molar-refractivity contribution in [3.63, 3.8) is 0 Å². The molecule has 0 spiro atoms. The number of carbonyl (C=O) groups is 2. The molecule has 1 aromatic carbocycles. The maximum Gasteiger partial charge on any atom is 0.325 e. The van der Waals surface area contributed by atoms with Gasteiger partial charge in [-0.15, -0.1) is 0 Å². The fraction of sp³-hybridized carbons (Fsp3) is 0.467. The van der Waals surface area contributed by atoms with Crippen molar-refractivity contribution in [3.05, 3.63) is 29.3 Å². The van der Waals surface area contributed by atoms with Crippen LogP contribution >= 0.6 is 11.6 Å². The van der Waals surface area contributed by atoms with Crippen LogP contribution in [-0.4, -0.2) is 41.6 Å². The predicted octanol–water partition coefficient (Wildman–Crippen LogP) is 2.94. The molecule has 2 amide bonds. The highest BCUT2D eigenvalue weighted by molar-refractivity contribution is 6.30. The molecule has 0 aromatic heterocycles. The summed E-state index contributed by atoms with van der Waals surface area (Å²) >= 11 is 5.84. The third kappa shape index (κ3) is 3.67. The Balaban J connectivity index is 2.21. The lowest BCUT2D eigenvalue weighted by Gasteiger charge is -2.27. The fourth-order valence-electron chi connectivity index (χ4n) is 2.48. The van der Waals surface area contributed by atoms with E-state index in [1.165, 1.54) is 4.90 Å². The molecule has 114 valence electrons. The molecule has 1 aromatic rings. The van der Waals surface area contributed by atoms with Gasteiger partial charge < -0.3 is 10.0 Å². The molecule has 5 nitrogen and oxygen atoms in total. The summed E-state index contributed by atoms with van der Waals surface area (Å²) < 4.78 is 0. The number of hydrogen-bond donors (Lipinski definition) is 1. The van der Waals surface area contributed by atoms with Gasteiger partial charge in [0, 0.05) is 23.8 Å². The highest BCUT2D eigenvalue weighted by Crippen LogP contribution is 2.25. The van der Waals surface area contributed by atoms with E-state index in [2.05, 4.69) is 13.8 Å². The van der Waals surface area contributed by atoms with Gasteiger partial charge in [0.2, 0.25) is 0 Å². The van der Waals surface area contributed by atoms with Gasteiger partial charge in [-0.25, -0.2) is 4.79 Å². The predicted molar refractivity (Wildman–Crippen MR) is 81.7 cm³/mol. The van der Waals surface area contributed by atoms with Gasteiger partial charge >= 0.3 is 12.0 Å². The van der Waals surface area contributed by atoms with E-state index in [9.17, 15) is 9.59 Å². The van der Waals surface area contributed by atoms with Gasteiger partial charge in [0.05, 0.1) is 0 Å². The number of urea groups is 1. The van der Waals surface area contributed by atoms with Crippen LogP contribution in [0.4, 0.5) is 10.5 Å². The molecule has 1 saturated heterocycles. The summed E-state index contributed by atoms with van der Waals surface area (Å²) in [6.07, 6.45) is 0. The van der Waals surface area contributed by atoms with Crippen LogP contribution in [0.3, 0.4) is 0 Å². The Kier molecular flexibility index (Phi) is 4.73. The molecule has 0 radical (unpaired) electrons. The Morgan fingerprint density at radius 3 is 2.24 bits per heavy atom. The Labute approximate surface area is 129 Å². The number of hydrogen-bond acceptors (Lipinski definition) is 2. The molecule has 6 heteroatoms. The first-order valence-electron chi connectivity index (χ1n) is 6.92. The minimum absolute atomic E-state index is 0.268. The highest BCUT2D eigenvalue weighted by Gasteiger charge is 2.33. The minimum atomic E-state index is -1.04. The number of halogens is 1. The molecule has 1 N–H and O–H groups in total. The van der Waals surface area contributed by atoms with Crippen molar-refractivity contribution in [1.29, 1.82) is 0 Å². The zero-order valence-corrected chi connectivity index (χ0v) is 12.9. The third-order valence-electron chi connectivity index (χ3n) is 3.92. The van der Waals surface area contributed by atoms with E-state index in [1.807, 2.05) is 0 Å². The summed E-state index contributed by atoms with van der Waals surface area (Å²) in [4.78, 5) is 26.7. The van der Waals surface area contributed by atoms with Crippen LogP contribution < -0.4 is 4.90 Å². The molecular formula is C15H19ClN2O3. The van der Waals surface area contributed by atoms with Crippen molar-refractivity contribution in [2.75, 3.05) is 24.5 Å². The third-order valence-corrected chi connectivity index (χ3v) is 4.17. The Bertz CT molecular complexity index is 522. The number of likely N-dealkylation sites (tertiary alicyclic amines) is 1. The number of carbonyl (C=O) groups excluding carboxylic acids is 1. The molecular weight excluding hydrogens is 292 g/mol. The lowest BCUT2D eigenvalue weighted by atomic mass is 10.0. The van der Waals surface area contributed by atoms with Crippen LogP contribution in [0.1, 0.15) is 13.8 Å². The maximum absolute atomic E-state index is 12.6. The molecule has 1 aliphatic heterocycles. The van der Waals surface area contributed by atoms with Gasteiger partial charge in [0.15, 0.2) is 0 Å². The van der Waals surface area contributed by atoms with Crippen molar-refractivity contribution in [2.45, 2.75) is 13.8 Å². The van der Waals surface area contributed by atoms with Crippen molar-refractivity contribution in [3.8, 4) is 0 Å². The second-order valence-corrected chi connectivity index (χ2v) is 6.03. The van der Waals surface area contributed by atoms with Crippen LogP contribution in [0.5, 0.6) is 0 Å². The zero-order valence-electron chi connectivity index (χ0n) is 12.1. The van der Waals surface area contributed by atoms with Gasteiger partial charge in [-0.05, 0) is 36.1 Å². The number of rotatable bonds is 3. The fourth-order valence-corrected chi connectivity index (χ4v) is 2.61. The molecule has 1 heterocycles. The standard InChI is InChI=1S/C15H19ClN2O3/c1-10-7-17(8-11(10)2)15(21)18(9-14(19)20)13-5-3-12(16)4-6-13/h3-6,10-11H,7-9H2,1-2H3,(H,19,20). The summed E-state index contributed by atoms with van der Waals surface area (Å²) in [5, 5.41) is 9.60. The lowest BCUT2D eigenvalue weighted by Crippen LogP contribution is -2.44. The molecule has 0 saturated carbocycles. The van der Waals surface area contributed by atoms with E-state index < -0.39 is 5.97 Å². The van der Waals surface area contributed by atoms with E-state index in [0.717, 1.165) is 0 Å². The van der Waals surface area contributed by atoms with Crippen LogP contribution in [0.2, 0.25) is 5.02 Å². The summed E-state index contributed by atoms with van der Waals surface area (Å²) in [6.45, 7) is 5.15. The summed E-state index contributed by atoms with van der Waals surface area (Å²) in [5.74, 6) is -0.199. The normalized spacial score (nSPS) is 21.4. The number of benzene rings is 1. The van der Waals surface area contributed by atoms with Crippen molar-refractivity contribution in [1.82, 2.24) is 4.90 Å². The largest absolute Gasteiger partial charge is 0.480 e. The molecule has 1 aliphatic rings.